The number of ether oxygens (including phenoxy) is 1. The van der Waals surface area contributed by atoms with E-state index in [-0.39, 0.29) is 0 Å². The zero-order valence-corrected chi connectivity index (χ0v) is 5.26. The van der Waals surface area contributed by atoms with Crippen molar-refractivity contribution in [2.75, 3.05) is 7.11 Å². The lowest BCUT2D eigenvalue weighted by Crippen LogP contribution is -1.84. The van der Waals surface area contributed by atoms with Crippen LogP contribution in [0.3, 0.4) is 0 Å². The van der Waals surface area contributed by atoms with Gasteiger partial charge in [0, 0.05) is 0 Å². The molecule has 4 nitrogen and oxygen atoms in total. The zero-order chi connectivity index (χ0) is 6.78. The molecule has 0 saturated heterocycles. The van der Waals surface area contributed by atoms with Gasteiger partial charge in [-0.1, -0.05) is 0 Å². The molecule has 0 aliphatic heterocycles. The summed E-state index contributed by atoms with van der Waals surface area (Å²) >= 11 is 0. The molecule has 0 unspecified atom stereocenters. The molecule has 48 valence electrons. The van der Waals surface area contributed by atoms with Gasteiger partial charge in [-0.05, 0) is 6.58 Å². The average Bonchev–Trinajstić information content (AvgIpc) is 1.62. The maximum Gasteiger partial charge on any atom is 0.389 e. The smallest absolute Gasteiger partial charge is 0.389 e. The topological polar surface area (TPSA) is 66.8 Å². The quantitative estimate of drug-likeness (QED) is 0.425. The molecule has 8 heavy (non-hydrogen) atoms. The Labute approximate surface area is 46.9 Å². The van der Waals surface area contributed by atoms with Crippen molar-refractivity contribution in [3.63, 3.8) is 0 Å². The van der Waals surface area contributed by atoms with E-state index in [0.29, 0.717) is 0 Å². The lowest BCUT2D eigenvalue weighted by atomic mass is 11.1. The Morgan fingerprint density at radius 1 is 1.75 bits per heavy atom. The van der Waals surface area contributed by atoms with Crippen molar-refractivity contribution in [1.82, 2.24) is 0 Å². The zero-order valence-electron chi connectivity index (χ0n) is 4.37. The van der Waals surface area contributed by atoms with Gasteiger partial charge in [0.25, 0.3) is 0 Å². The second kappa shape index (κ2) is 2.31. The molecule has 0 rings (SSSR count). The molecule has 0 aromatic rings. The van der Waals surface area contributed by atoms with E-state index >= 15 is 0 Å². The molecule has 0 bridgehead atoms. The van der Waals surface area contributed by atoms with Crippen LogP contribution in [0.4, 0.5) is 0 Å². The van der Waals surface area contributed by atoms with Gasteiger partial charge in [-0.2, -0.15) is 0 Å². The molecule has 5 heteroatoms. The summed E-state index contributed by atoms with van der Waals surface area (Å²) in [5.74, 6) is 0. The normalized spacial score (nSPS) is 10.9. The largest absolute Gasteiger partial charge is 0.490 e. The molecule has 0 aliphatic rings. The molecule has 0 fully saturated rings. The summed E-state index contributed by atoms with van der Waals surface area (Å²) in [4.78, 5) is 16.3. The van der Waals surface area contributed by atoms with Crippen LogP contribution < -0.4 is 0 Å². The molecule has 0 heterocycles. The first-order valence-corrected chi connectivity index (χ1v) is 3.38. The van der Waals surface area contributed by atoms with Crippen LogP contribution in [-0.2, 0) is 9.30 Å². The molecular formula is C3H7O4P. The van der Waals surface area contributed by atoms with Crippen molar-refractivity contribution < 1.29 is 19.1 Å². The number of hydrogen-bond donors (Lipinski definition) is 2. The summed E-state index contributed by atoms with van der Waals surface area (Å²) in [6, 6.07) is 0. The number of hydrogen-bond acceptors (Lipinski definition) is 2. The first-order chi connectivity index (χ1) is 3.48. The third-order valence-electron chi connectivity index (χ3n) is 0.561. The van der Waals surface area contributed by atoms with Crippen LogP contribution >= 0.6 is 7.60 Å². The Morgan fingerprint density at radius 2 is 2.12 bits per heavy atom. The van der Waals surface area contributed by atoms with Crippen molar-refractivity contribution in [2.24, 2.45) is 0 Å². The highest BCUT2D eigenvalue weighted by Crippen LogP contribution is 2.43. The van der Waals surface area contributed by atoms with Gasteiger partial charge in [-0.25, -0.2) is 0 Å². The van der Waals surface area contributed by atoms with Crippen molar-refractivity contribution in [3.05, 3.63) is 12.1 Å². The molecule has 2 N–H and O–H groups in total. The molecule has 0 atom stereocenters. The van der Waals surface area contributed by atoms with Crippen molar-refractivity contribution >= 4 is 7.60 Å². The molecule has 0 amide bonds. The van der Waals surface area contributed by atoms with Crippen molar-refractivity contribution in [2.45, 2.75) is 0 Å². The van der Waals surface area contributed by atoms with Crippen LogP contribution in [0.2, 0.25) is 0 Å². The summed E-state index contributed by atoms with van der Waals surface area (Å²) < 4.78 is 14.2. The molecule has 0 radical (unpaired) electrons. The monoisotopic (exact) mass is 138 g/mol. The first kappa shape index (κ1) is 7.69. The molecule has 0 aromatic carbocycles. The molecular weight excluding hydrogens is 131 g/mol. The minimum Gasteiger partial charge on any atom is -0.490 e. The molecule has 0 saturated carbocycles. The highest BCUT2D eigenvalue weighted by atomic mass is 31.2. The van der Waals surface area contributed by atoms with E-state index < -0.39 is 13.1 Å². The van der Waals surface area contributed by atoms with E-state index in [1.54, 1.807) is 0 Å². The van der Waals surface area contributed by atoms with E-state index in [9.17, 15) is 4.57 Å². The summed E-state index contributed by atoms with van der Waals surface area (Å²) in [5, 5.41) is 0. The Balaban J connectivity index is 4.04. The van der Waals surface area contributed by atoms with E-state index in [0.717, 1.165) is 7.11 Å². The summed E-state index contributed by atoms with van der Waals surface area (Å²) in [7, 11) is -3.02. The van der Waals surface area contributed by atoms with Gasteiger partial charge in [0.05, 0.1) is 7.11 Å². The van der Waals surface area contributed by atoms with Crippen molar-refractivity contribution in [1.29, 1.82) is 0 Å². The van der Waals surface area contributed by atoms with Crippen LogP contribution in [-0.4, -0.2) is 16.9 Å². The van der Waals surface area contributed by atoms with E-state index in [1.807, 2.05) is 0 Å². The van der Waals surface area contributed by atoms with E-state index in [4.69, 9.17) is 9.79 Å². The van der Waals surface area contributed by atoms with E-state index in [2.05, 4.69) is 11.3 Å². The Kier molecular flexibility index (Phi) is 2.22. The van der Waals surface area contributed by atoms with Gasteiger partial charge >= 0.3 is 7.60 Å². The standard InChI is InChI=1S/C3H7O4P/c1-3(7-2)8(4,5)6/h1H2,2H3,(H2,4,5,6). The summed E-state index contributed by atoms with van der Waals surface area (Å²) in [6.45, 7) is 2.96. The minimum absolute atomic E-state index is 0.502. The molecule has 0 aliphatic carbocycles. The fraction of sp³-hybridized carbons (Fsp3) is 0.333. The number of methoxy groups -OCH3 is 1. The van der Waals surface area contributed by atoms with Gasteiger partial charge in [0.1, 0.15) is 0 Å². The Hall–Kier alpha value is -0.310. The van der Waals surface area contributed by atoms with Crippen molar-refractivity contribution in [3.8, 4) is 0 Å². The predicted molar refractivity (Wildman–Crippen MR) is 28.2 cm³/mol. The number of rotatable bonds is 2. The second-order valence-electron chi connectivity index (χ2n) is 1.14. The maximum absolute atomic E-state index is 10.0. The van der Waals surface area contributed by atoms with E-state index in [1.165, 1.54) is 0 Å². The lowest BCUT2D eigenvalue weighted by molar-refractivity contribution is 0.281. The fourth-order valence-corrected chi connectivity index (χ4v) is 0.357. The van der Waals surface area contributed by atoms with Gasteiger partial charge in [0.2, 0.25) is 5.50 Å². The minimum atomic E-state index is -4.17. The summed E-state index contributed by atoms with van der Waals surface area (Å²) in [6.07, 6.45) is 0. The van der Waals surface area contributed by atoms with Crippen LogP contribution in [0.15, 0.2) is 12.1 Å². The third-order valence-corrected chi connectivity index (χ3v) is 1.39. The summed E-state index contributed by atoms with van der Waals surface area (Å²) in [5.41, 5.74) is -0.502. The van der Waals surface area contributed by atoms with Gasteiger partial charge < -0.3 is 14.5 Å². The van der Waals surface area contributed by atoms with Crippen LogP contribution in [0.5, 0.6) is 0 Å². The highest BCUT2D eigenvalue weighted by molar-refractivity contribution is 7.56. The van der Waals surface area contributed by atoms with Gasteiger partial charge in [-0.3, -0.25) is 4.57 Å². The van der Waals surface area contributed by atoms with Gasteiger partial charge in [0.15, 0.2) is 0 Å². The molecule has 0 spiro atoms. The highest BCUT2D eigenvalue weighted by Gasteiger charge is 2.18. The third kappa shape index (κ3) is 2.12. The lowest BCUT2D eigenvalue weighted by Gasteiger charge is -2.03. The average molecular weight is 138 g/mol. The predicted octanol–water partition coefficient (Wildman–Crippen LogP) is 0.282. The SMILES string of the molecule is C=C(OC)P(=O)(O)O. The molecule has 0 aromatic heterocycles. The Bertz CT molecular complexity index is 134. The first-order valence-electron chi connectivity index (χ1n) is 1.77. The fourth-order valence-electron chi connectivity index (χ4n) is 0.119. The maximum atomic E-state index is 10.0. The Morgan fingerprint density at radius 3 is 2.12 bits per heavy atom. The van der Waals surface area contributed by atoms with Gasteiger partial charge in [-0.15, -0.1) is 0 Å². The second-order valence-corrected chi connectivity index (χ2v) is 2.73. The van der Waals surface area contributed by atoms with Crippen LogP contribution in [0.1, 0.15) is 0 Å². The van der Waals surface area contributed by atoms with Crippen LogP contribution in [0.25, 0.3) is 0 Å². The van der Waals surface area contributed by atoms with Crippen LogP contribution in [0, 0.1) is 0 Å².